The van der Waals surface area contributed by atoms with Crippen LogP contribution >= 0.6 is 0 Å². The Morgan fingerprint density at radius 2 is 1.96 bits per heavy atom. The second-order valence-corrected chi connectivity index (χ2v) is 8.45. The summed E-state index contributed by atoms with van der Waals surface area (Å²) in [7, 11) is 0. The van der Waals surface area contributed by atoms with E-state index in [9.17, 15) is 4.79 Å². The van der Waals surface area contributed by atoms with Crippen LogP contribution in [0.1, 0.15) is 59.3 Å². The van der Waals surface area contributed by atoms with E-state index in [1.54, 1.807) is 0 Å². The first-order valence-corrected chi connectivity index (χ1v) is 10.1. The zero-order valence-electron chi connectivity index (χ0n) is 16.3. The lowest BCUT2D eigenvalue weighted by Crippen LogP contribution is -2.52. The fraction of sp³-hybridized carbons (Fsp3) is 0.900. The first kappa shape index (κ1) is 20.2. The summed E-state index contributed by atoms with van der Waals surface area (Å²) in [6.07, 6.45) is 7.48. The summed E-state index contributed by atoms with van der Waals surface area (Å²) in [5, 5.41) is 11.9. The van der Waals surface area contributed by atoms with Gasteiger partial charge in [-0.3, -0.25) is 9.69 Å². The standard InChI is InChI=1S/C20H36N4O/c1-16(2)24-12-18(13-24)9-11-23(14-19(8-10-21)22-15-25)20-6-4-17(3)5-7-20/h15-20H,4-9,11-14H2,1-3H3,(H,22,25). The molecule has 0 aromatic heterocycles. The average Bonchev–Trinajstić information content (AvgIpc) is 2.53. The first-order chi connectivity index (χ1) is 12.0. The van der Waals surface area contributed by atoms with Crippen molar-refractivity contribution in [2.24, 2.45) is 11.8 Å². The summed E-state index contributed by atoms with van der Waals surface area (Å²) in [4.78, 5) is 16.0. The van der Waals surface area contributed by atoms with Crippen molar-refractivity contribution in [2.75, 3.05) is 26.2 Å². The van der Waals surface area contributed by atoms with E-state index in [-0.39, 0.29) is 6.04 Å². The van der Waals surface area contributed by atoms with Crippen molar-refractivity contribution in [3.63, 3.8) is 0 Å². The quantitative estimate of drug-likeness (QED) is 0.617. The van der Waals surface area contributed by atoms with E-state index in [0.29, 0.717) is 18.5 Å². The third-order valence-corrected chi connectivity index (χ3v) is 6.14. The fourth-order valence-electron chi connectivity index (χ4n) is 4.26. The molecule has 1 N–H and O–H groups in total. The maximum absolute atomic E-state index is 10.9. The number of nitrogens with one attached hydrogen (secondary N) is 1. The van der Waals surface area contributed by atoms with Crippen molar-refractivity contribution in [1.82, 2.24) is 15.1 Å². The maximum atomic E-state index is 10.9. The van der Waals surface area contributed by atoms with Gasteiger partial charge in [0.1, 0.15) is 0 Å². The molecule has 25 heavy (non-hydrogen) atoms. The molecule has 1 aliphatic heterocycles. The van der Waals surface area contributed by atoms with Crippen molar-refractivity contribution in [3.05, 3.63) is 0 Å². The molecule has 5 heteroatoms. The molecule has 1 atom stereocenters. The van der Waals surface area contributed by atoms with Gasteiger partial charge in [-0.1, -0.05) is 6.92 Å². The van der Waals surface area contributed by atoms with Gasteiger partial charge in [0.25, 0.3) is 0 Å². The lowest BCUT2D eigenvalue weighted by atomic mass is 9.86. The number of hydrogen-bond donors (Lipinski definition) is 1. The number of rotatable bonds is 10. The van der Waals surface area contributed by atoms with Gasteiger partial charge in [0.15, 0.2) is 0 Å². The molecule has 0 bridgehead atoms. The van der Waals surface area contributed by atoms with Gasteiger partial charge in [-0.25, -0.2) is 0 Å². The lowest BCUT2D eigenvalue weighted by Gasteiger charge is -2.44. The zero-order chi connectivity index (χ0) is 18.2. The van der Waals surface area contributed by atoms with Crippen LogP contribution in [0.3, 0.4) is 0 Å². The molecular weight excluding hydrogens is 312 g/mol. The highest BCUT2D eigenvalue weighted by molar-refractivity contribution is 5.46. The van der Waals surface area contributed by atoms with Crippen molar-refractivity contribution in [2.45, 2.75) is 77.4 Å². The molecule has 1 aliphatic carbocycles. The Labute approximate surface area is 153 Å². The summed E-state index contributed by atoms with van der Waals surface area (Å²) in [6.45, 7) is 11.2. The SMILES string of the molecule is CC1CCC(N(CCC2CN(C(C)C)C2)CC(CC#N)NC=O)CC1. The van der Waals surface area contributed by atoms with E-state index in [0.717, 1.165) is 31.3 Å². The number of nitrogens with zero attached hydrogens (tertiary/aromatic N) is 3. The average molecular weight is 349 g/mol. The van der Waals surface area contributed by atoms with Gasteiger partial charge >= 0.3 is 0 Å². The van der Waals surface area contributed by atoms with Crippen molar-refractivity contribution < 1.29 is 4.79 Å². The van der Waals surface area contributed by atoms with Crippen molar-refractivity contribution in [3.8, 4) is 6.07 Å². The van der Waals surface area contributed by atoms with Crippen LogP contribution in [0.15, 0.2) is 0 Å². The minimum absolute atomic E-state index is 0.0459. The summed E-state index contributed by atoms with van der Waals surface area (Å²) in [5.74, 6) is 1.65. The highest BCUT2D eigenvalue weighted by Gasteiger charge is 2.31. The van der Waals surface area contributed by atoms with Crippen molar-refractivity contribution >= 4 is 6.41 Å². The monoisotopic (exact) mass is 348 g/mol. The second-order valence-electron chi connectivity index (χ2n) is 8.45. The summed E-state index contributed by atoms with van der Waals surface area (Å²) in [6, 6.07) is 3.45. The number of hydrogen-bond acceptors (Lipinski definition) is 4. The van der Waals surface area contributed by atoms with Crippen LogP contribution in [-0.4, -0.2) is 60.5 Å². The van der Waals surface area contributed by atoms with E-state index >= 15 is 0 Å². The number of carbonyl (C=O) groups excluding carboxylic acids is 1. The van der Waals surface area contributed by atoms with E-state index in [1.165, 1.54) is 45.2 Å². The normalized spacial score (nSPS) is 26.2. The van der Waals surface area contributed by atoms with Crippen LogP contribution in [0.25, 0.3) is 0 Å². The fourth-order valence-corrected chi connectivity index (χ4v) is 4.26. The van der Waals surface area contributed by atoms with Gasteiger partial charge in [0.2, 0.25) is 6.41 Å². The topological polar surface area (TPSA) is 59.4 Å². The Morgan fingerprint density at radius 1 is 1.28 bits per heavy atom. The molecule has 2 aliphatic rings. The van der Waals surface area contributed by atoms with Crippen LogP contribution in [0.2, 0.25) is 0 Å². The van der Waals surface area contributed by atoms with Crippen LogP contribution in [0, 0.1) is 23.2 Å². The largest absolute Gasteiger partial charge is 0.354 e. The molecule has 0 aromatic rings. The highest BCUT2D eigenvalue weighted by Crippen LogP contribution is 2.29. The smallest absolute Gasteiger partial charge is 0.207 e. The summed E-state index contributed by atoms with van der Waals surface area (Å²) in [5.41, 5.74) is 0. The number of likely N-dealkylation sites (tertiary alicyclic amines) is 1. The molecule has 1 unspecified atom stereocenters. The van der Waals surface area contributed by atoms with Crippen LogP contribution in [0.5, 0.6) is 0 Å². The third-order valence-electron chi connectivity index (χ3n) is 6.14. The van der Waals surface area contributed by atoms with E-state index in [2.05, 4.69) is 42.0 Å². The first-order valence-electron chi connectivity index (χ1n) is 10.1. The Morgan fingerprint density at radius 3 is 2.52 bits per heavy atom. The van der Waals surface area contributed by atoms with E-state index < -0.39 is 0 Å². The molecule has 1 amide bonds. The predicted molar refractivity (Wildman–Crippen MR) is 101 cm³/mol. The maximum Gasteiger partial charge on any atom is 0.207 e. The highest BCUT2D eigenvalue weighted by atomic mass is 16.1. The molecule has 2 fully saturated rings. The molecule has 5 nitrogen and oxygen atoms in total. The molecule has 1 heterocycles. The van der Waals surface area contributed by atoms with E-state index in [4.69, 9.17) is 5.26 Å². The Balaban J connectivity index is 1.87. The van der Waals surface area contributed by atoms with Crippen LogP contribution < -0.4 is 5.32 Å². The minimum atomic E-state index is -0.0459. The zero-order valence-corrected chi connectivity index (χ0v) is 16.3. The molecule has 142 valence electrons. The predicted octanol–water partition coefficient (Wildman–Crippen LogP) is 2.63. The molecule has 1 saturated heterocycles. The summed E-state index contributed by atoms with van der Waals surface area (Å²) >= 11 is 0. The second kappa shape index (κ2) is 10.1. The molecular formula is C20H36N4O. The third kappa shape index (κ3) is 6.27. The van der Waals surface area contributed by atoms with Gasteiger partial charge in [0.05, 0.1) is 18.5 Å². The molecule has 2 rings (SSSR count). The number of nitriles is 1. The molecule has 1 saturated carbocycles. The molecule has 0 radical (unpaired) electrons. The van der Waals surface area contributed by atoms with E-state index in [1.807, 2.05) is 0 Å². The summed E-state index contributed by atoms with van der Waals surface area (Å²) < 4.78 is 0. The minimum Gasteiger partial charge on any atom is -0.354 e. The molecule has 0 aromatic carbocycles. The van der Waals surface area contributed by atoms with Gasteiger partial charge in [-0.15, -0.1) is 0 Å². The van der Waals surface area contributed by atoms with Crippen molar-refractivity contribution in [1.29, 1.82) is 5.26 Å². The Bertz CT molecular complexity index is 433. The lowest BCUT2D eigenvalue weighted by molar-refractivity contribution is -0.110. The van der Waals surface area contributed by atoms with Gasteiger partial charge < -0.3 is 10.2 Å². The van der Waals surface area contributed by atoms with Gasteiger partial charge in [-0.05, 0) is 64.3 Å². The van der Waals surface area contributed by atoms with Gasteiger partial charge in [-0.2, -0.15) is 5.26 Å². The Kier molecular flexibility index (Phi) is 8.18. The van der Waals surface area contributed by atoms with Crippen LogP contribution in [-0.2, 0) is 4.79 Å². The Hall–Kier alpha value is -1.12. The van der Waals surface area contributed by atoms with Crippen LogP contribution in [0.4, 0.5) is 0 Å². The van der Waals surface area contributed by atoms with Gasteiger partial charge in [0, 0.05) is 31.7 Å². The molecule has 0 spiro atoms. The number of amides is 1. The number of carbonyl (C=O) groups is 1.